The third kappa shape index (κ3) is 2.80. The van der Waals surface area contributed by atoms with Crippen LogP contribution in [-0.4, -0.2) is 52.9 Å². The number of hydrogen-bond donors (Lipinski definition) is 0. The normalized spacial score (nSPS) is 18.9. The zero-order valence-corrected chi connectivity index (χ0v) is 11.8. The van der Waals surface area contributed by atoms with Gasteiger partial charge in [0.05, 0.1) is 5.56 Å². The highest BCUT2D eigenvalue weighted by molar-refractivity contribution is 5.94. The monoisotopic (exact) mass is 283 g/mol. The van der Waals surface area contributed by atoms with E-state index in [9.17, 15) is 13.6 Å². The predicted octanol–water partition coefficient (Wildman–Crippen LogP) is 1.92. The van der Waals surface area contributed by atoms with E-state index in [2.05, 4.69) is 23.7 Å². The van der Waals surface area contributed by atoms with Crippen molar-refractivity contribution in [2.45, 2.75) is 26.3 Å². The Bertz CT molecular complexity index is 491. The molecule has 1 aromatic heterocycles. The van der Waals surface area contributed by atoms with Gasteiger partial charge in [-0.25, -0.2) is 9.37 Å². The Labute approximate surface area is 117 Å². The highest BCUT2D eigenvalue weighted by atomic mass is 19.2. The summed E-state index contributed by atoms with van der Waals surface area (Å²) in [6, 6.07) is 1.52. The molecule has 1 saturated heterocycles. The zero-order chi connectivity index (χ0) is 14.7. The lowest BCUT2D eigenvalue weighted by Gasteiger charge is -2.26. The molecule has 0 saturated carbocycles. The molecule has 1 unspecified atom stereocenters. The smallest absolute Gasteiger partial charge is 0.257 e. The van der Waals surface area contributed by atoms with Gasteiger partial charge < -0.3 is 4.90 Å². The molecule has 20 heavy (non-hydrogen) atoms. The summed E-state index contributed by atoms with van der Waals surface area (Å²) in [4.78, 5) is 19.3. The Balaban J connectivity index is 2.10. The van der Waals surface area contributed by atoms with Crippen molar-refractivity contribution >= 4 is 5.91 Å². The van der Waals surface area contributed by atoms with Crippen molar-refractivity contribution in [3.8, 4) is 0 Å². The van der Waals surface area contributed by atoms with Gasteiger partial charge in [-0.1, -0.05) is 13.8 Å². The van der Waals surface area contributed by atoms with Crippen LogP contribution in [0.25, 0.3) is 0 Å². The molecular formula is C14H19F2N3O. The topological polar surface area (TPSA) is 36.4 Å². The zero-order valence-electron chi connectivity index (χ0n) is 11.8. The molecule has 0 aromatic carbocycles. The van der Waals surface area contributed by atoms with Gasteiger partial charge in [0.2, 0.25) is 5.95 Å². The molecule has 1 fully saturated rings. The highest BCUT2D eigenvalue weighted by Gasteiger charge is 2.31. The number of likely N-dealkylation sites (N-methyl/N-ethyl adjacent to an activating group) is 1. The van der Waals surface area contributed by atoms with Crippen LogP contribution in [0.1, 0.15) is 30.6 Å². The summed E-state index contributed by atoms with van der Waals surface area (Å²) in [5.41, 5.74) is -0.238. The van der Waals surface area contributed by atoms with Crippen molar-refractivity contribution in [3.63, 3.8) is 0 Å². The molecule has 0 N–H and O–H groups in total. The summed E-state index contributed by atoms with van der Waals surface area (Å²) >= 11 is 0. The maximum absolute atomic E-state index is 13.6. The number of aromatic nitrogens is 1. The van der Waals surface area contributed by atoms with Crippen molar-refractivity contribution in [2.75, 3.05) is 26.2 Å². The minimum Gasteiger partial charge on any atom is -0.337 e. The van der Waals surface area contributed by atoms with Crippen molar-refractivity contribution in [3.05, 3.63) is 29.6 Å². The summed E-state index contributed by atoms with van der Waals surface area (Å²) in [5, 5.41) is 0. The van der Waals surface area contributed by atoms with E-state index in [1.54, 1.807) is 4.90 Å². The van der Waals surface area contributed by atoms with Crippen LogP contribution in [0.4, 0.5) is 8.78 Å². The number of carbonyl (C=O) groups is 1. The Hall–Kier alpha value is -1.56. The van der Waals surface area contributed by atoms with Crippen LogP contribution in [0.2, 0.25) is 0 Å². The molecule has 4 nitrogen and oxygen atoms in total. The SMILES string of the molecule is CCN(CC)C1CCN(C(=O)c2ccnc(F)c2F)C1. The number of amides is 1. The first kappa shape index (κ1) is 14.8. The maximum Gasteiger partial charge on any atom is 0.257 e. The molecular weight excluding hydrogens is 264 g/mol. The van der Waals surface area contributed by atoms with Gasteiger partial charge in [-0.2, -0.15) is 4.39 Å². The lowest BCUT2D eigenvalue weighted by molar-refractivity contribution is 0.0771. The van der Waals surface area contributed by atoms with E-state index in [-0.39, 0.29) is 5.56 Å². The van der Waals surface area contributed by atoms with E-state index in [1.165, 1.54) is 6.07 Å². The minimum atomic E-state index is -1.23. The molecule has 0 radical (unpaired) electrons. The number of carbonyl (C=O) groups excluding carboxylic acids is 1. The highest BCUT2D eigenvalue weighted by Crippen LogP contribution is 2.19. The number of halogens is 2. The van der Waals surface area contributed by atoms with E-state index >= 15 is 0 Å². The first-order valence-corrected chi connectivity index (χ1v) is 6.91. The van der Waals surface area contributed by atoms with Crippen molar-refractivity contribution in [1.29, 1.82) is 0 Å². The van der Waals surface area contributed by atoms with Crippen molar-refractivity contribution in [1.82, 2.24) is 14.8 Å². The summed E-state index contributed by atoms with van der Waals surface area (Å²) < 4.78 is 26.7. The fraction of sp³-hybridized carbons (Fsp3) is 0.571. The molecule has 0 aliphatic carbocycles. The van der Waals surface area contributed by atoms with E-state index < -0.39 is 17.7 Å². The Morgan fingerprint density at radius 1 is 1.45 bits per heavy atom. The van der Waals surface area contributed by atoms with Gasteiger partial charge in [0.15, 0.2) is 5.82 Å². The fourth-order valence-corrected chi connectivity index (χ4v) is 2.72. The largest absolute Gasteiger partial charge is 0.337 e. The van der Waals surface area contributed by atoms with E-state index in [4.69, 9.17) is 0 Å². The third-order valence-electron chi connectivity index (χ3n) is 3.86. The van der Waals surface area contributed by atoms with Crippen molar-refractivity contribution < 1.29 is 13.6 Å². The van der Waals surface area contributed by atoms with Crippen LogP contribution >= 0.6 is 0 Å². The van der Waals surface area contributed by atoms with Gasteiger partial charge in [-0.3, -0.25) is 9.69 Å². The average molecular weight is 283 g/mol. The molecule has 2 heterocycles. The van der Waals surface area contributed by atoms with E-state index in [0.29, 0.717) is 19.1 Å². The maximum atomic E-state index is 13.6. The lowest BCUT2D eigenvalue weighted by atomic mass is 10.2. The van der Waals surface area contributed by atoms with E-state index in [0.717, 1.165) is 25.7 Å². The minimum absolute atomic E-state index is 0.238. The number of nitrogens with zero attached hydrogens (tertiary/aromatic N) is 3. The van der Waals surface area contributed by atoms with Gasteiger partial charge in [0.1, 0.15) is 0 Å². The van der Waals surface area contributed by atoms with Gasteiger partial charge >= 0.3 is 0 Å². The van der Waals surface area contributed by atoms with Gasteiger partial charge in [-0.05, 0) is 25.6 Å². The van der Waals surface area contributed by atoms with Crippen LogP contribution in [-0.2, 0) is 0 Å². The number of pyridine rings is 1. The first-order chi connectivity index (χ1) is 9.58. The Kier molecular flexibility index (Phi) is 4.65. The molecule has 1 atom stereocenters. The summed E-state index contributed by atoms with van der Waals surface area (Å²) in [6.07, 6.45) is 1.98. The number of hydrogen-bond acceptors (Lipinski definition) is 3. The second-order valence-corrected chi connectivity index (χ2v) is 4.88. The molecule has 1 aromatic rings. The Morgan fingerprint density at radius 3 is 2.80 bits per heavy atom. The average Bonchev–Trinajstić information content (AvgIpc) is 2.92. The van der Waals surface area contributed by atoms with E-state index in [1.807, 2.05) is 0 Å². The molecule has 0 bridgehead atoms. The van der Waals surface area contributed by atoms with Gasteiger partial charge in [0, 0.05) is 25.3 Å². The summed E-state index contributed by atoms with van der Waals surface area (Å²) in [6.45, 7) is 7.12. The molecule has 1 amide bonds. The lowest BCUT2D eigenvalue weighted by Crippen LogP contribution is -2.38. The quantitative estimate of drug-likeness (QED) is 0.792. The molecule has 1 aliphatic rings. The van der Waals surface area contributed by atoms with Crippen LogP contribution in [0.15, 0.2) is 12.3 Å². The van der Waals surface area contributed by atoms with Crippen LogP contribution in [0.3, 0.4) is 0 Å². The summed E-state index contributed by atoms with van der Waals surface area (Å²) in [7, 11) is 0. The second kappa shape index (κ2) is 6.26. The summed E-state index contributed by atoms with van der Waals surface area (Å²) in [5.74, 6) is -2.85. The predicted molar refractivity (Wildman–Crippen MR) is 71.4 cm³/mol. The molecule has 6 heteroatoms. The standard InChI is InChI=1S/C14H19F2N3O/c1-3-18(4-2)10-6-8-19(9-10)14(20)11-5-7-17-13(16)12(11)15/h5,7,10H,3-4,6,8-9H2,1-2H3. The Morgan fingerprint density at radius 2 is 2.15 bits per heavy atom. The van der Waals surface area contributed by atoms with Gasteiger partial charge in [-0.15, -0.1) is 0 Å². The van der Waals surface area contributed by atoms with Crippen molar-refractivity contribution in [2.24, 2.45) is 0 Å². The molecule has 110 valence electrons. The van der Waals surface area contributed by atoms with Crippen LogP contribution in [0.5, 0.6) is 0 Å². The molecule has 2 rings (SSSR count). The number of likely N-dealkylation sites (tertiary alicyclic amines) is 1. The third-order valence-corrected chi connectivity index (χ3v) is 3.86. The number of rotatable bonds is 4. The van der Waals surface area contributed by atoms with Crippen LogP contribution < -0.4 is 0 Å². The molecule has 0 spiro atoms. The van der Waals surface area contributed by atoms with Crippen LogP contribution in [0, 0.1) is 11.8 Å². The van der Waals surface area contributed by atoms with Gasteiger partial charge in [0.25, 0.3) is 5.91 Å². The second-order valence-electron chi connectivity index (χ2n) is 4.88. The molecule has 1 aliphatic heterocycles. The first-order valence-electron chi connectivity index (χ1n) is 6.91. The fourth-order valence-electron chi connectivity index (χ4n) is 2.72.